The number of carbonyl (C=O) groups excluding carboxylic acids is 3. The van der Waals surface area contributed by atoms with Gasteiger partial charge in [-0.25, -0.2) is 4.98 Å². The lowest BCUT2D eigenvalue weighted by molar-refractivity contribution is -0.130. The lowest BCUT2D eigenvalue weighted by Gasteiger charge is -2.12. The maximum atomic E-state index is 12.8. The summed E-state index contributed by atoms with van der Waals surface area (Å²) >= 11 is 1.29. The minimum absolute atomic E-state index is 0.0931. The Kier molecular flexibility index (Phi) is 6.70. The predicted molar refractivity (Wildman–Crippen MR) is 125 cm³/mol. The van der Waals surface area contributed by atoms with Gasteiger partial charge in [-0.1, -0.05) is 29.0 Å². The molecule has 0 aliphatic heterocycles. The van der Waals surface area contributed by atoms with E-state index < -0.39 is 0 Å². The van der Waals surface area contributed by atoms with Crippen molar-refractivity contribution in [3.05, 3.63) is 52.6 Å². The molecule has 1 aromatic heterocycles. The molecule has 2 aromatic carbocycles. The van der Waals surface area contributed by atoms with Crippen LogP contribution in [0.15, 0.2) is 30.3 Å². The highest BCUT2D eigenvalue weighted by Crippen LogP contribution is 2.28. The van der Waals surface area contributed by atoms with E-state index in [1.165, 1.54) is 16.2 Å². The third kappa shape index (κ3) is 5.46. The highest BCUT2D eigenvalue weighted by molar-refractivity contribution is 7.22. The summed E-state index contributed by atoms with van der Waals surface area (Å²) in [5.41, 5.74) is 5.22. The maximum absolute atomic E-state index is 12.8. The third-order valence-corrected chi connectivity index (χ3v) is 5.81. The van der Waals surface area contributed by atoms with E-state index in [2.05, 4.69) is 15.6 Å². The zero-order valence-electron chi connectivity index (χ0n) is 18.3. The van der Waals surface area contributed by atoms with Crippen LogP contribution in [0.5, 0.6) is 0 Å². The Labute approximate surface area is 185 Å². The van der Waals surface area contributed by atoms with Crippen LogP contribution in [0.4, 0.5) is 10.8 Å². The van der Waals surface area contributed by atoms with E-state index in [9.17, 15) is 14.4 Å². The fourth-order valence-corrected chi connectivity index (χ4v) is 4.23. The number of hydrogen-bond acceptors (Lipinski definition) is 5. The zero-order chi connectivity index (χ0) is 22.7. The van der Waals surface area contributed by atoms with Gasteiger partial charge in [-0.15, -0.1) is 0 Å². The van der Waals surface area contributed by atoms with E-state index in [0.717, 1.165) is 27.1 Å². The van der Waals surface area contributed by atoms with E-state index in [1.54, 1.807) is 32.3 Å². The first-order valence-electron chi connectivity index (χ1n) is 9.94. The van der Waals surface area contributed by atoms with E-state index >= 15 is 0 Å². The Bertz CT molecular complexity index is 1140. The summed E-state index contributed by atoms with van der Waals surface area (Å²) < 4.78 is 0.796. The number of thiazole rings is 1. The molecule has 7 nitrogen and oxygen atoms in total. The number of amides is 3. The topological polar surface area (TPSA) is 91.4 Å². The molecule has 0 spiro atoms. The van der Waals surface area contributed by atoms with Gasteiger partial charge in [0.2, 0.25) is 11.8 Å². The number of rotatable bonds is 6. The second kappa shape index (κ2) is 9.26. The Balaban J connectivity index is 1.71. The molecule has 8 heteroatoms. The summed E-state index contributed by atoms with van der Waals surface area (Å²) in [7, 11) is 3.31. The van der Waals surface area contributed by atoms with Crippen LogP contribution in [-0.4, -0.2) is 41.7 Å². The quantitative estimate of drug-likeness (QED) is 0.601. The third-order valence-electron chi connectivity index (χ3n) is 4.88. The molecule has 0 bridgehead atoms. The van der Waals surface area contributed by atoms with Crippen molar-refractivity contribution in [2.75, 3.05) is 24.7 Å². The van der Waals surface area contributed by atoms with Gasteiger partial charge in [-0.05, 0) is 50.1 Å². The fourth-order valence-electron chi connectivity index (χ4n) is 3.31. The molecule has 0 saturated heterocycles. The highest BCUT2D eigenvalue weighted by Gasteiger charge is 2.14. The summed E-state index contributed by atoms with van der Waals surface area (Å²) in [6, 6.07) is 9.33. The molecular formula is C23H26N4O3S. The molecule has 0 unspecified atom stereocenters. The Morgan fingerprint density at radius 2 is 1.65 bits per heavy atom. The molecule has 2 N–H and O–H groups in total. The average molecular weight is 439 g/mol. The normalized spacial score (nSPS) is 10.7. The van der Waals surface area contributed by atoms with Gasteiger partial charge in [-0.3, -0.25) is 14.4 Å². The number of benzene rings is 2. The number of aryl methyl sites for hydroxylation is 3. The van der Waals surface area contributed by atoms with Crippen LogP contribution >= 0.6 is 11.3 Å². The van der Waals surface area contributed by atoms with Gasteiger partial charge < -0.3 is 15.5 Å². The van der Waals surface area contributed by atoms with Crippen molar-refractivity contribution >= 4 is 50.1 Å². The van der Waals surface area contributed by atoms with Crippen LogP contribution in [0.2, 0.25) is 0 Å². The number of nitrogens with one attached hydrogen (secondary N) is 2. The molecule has 0 radical (unpaired) electrons. The lowest BCUT2D eigenvalue weighted by atomic mass is 10.0. The number of nitrogens with zero attached hydrogens (tertiary/aromatic N) is 2. The molecule has 0 fully saturated rings. The molecule has 0 saturated carbocycles. The average Bonchev–Trinajstić information content (AvgIpc) is 3.09. The second-order valence-corrected chi connectivity index (χ2v) is 8.80. The SMILES string of the molecule is Cc1cc(C)c(NC(=O)c2ccc3nc(NC(=O)CCC(=O)N(C)C)sc3c2)c(C)c1. The first kappa shape index (κ1) is 22.4. The molecule has 0 aliphatic carbocycles. The minimum Gasteiger partial charge on any atom is -0.349 e. The van der Waals surface area contributed by atoms with Crippen molar-refractivity contribution < 1.29 is 14.4 Å². The zero-order valence-corrected chi connectivity index (χ0v) is 19.1. The molecule has 3 aromatic rings. The van der Waals surface area contributed by atoms with Crippen molar-refractivity contribution in [2.24, 2.45) is 0 Å². The first-order chi connectivity index (χ1) is 14.6. The maximum Gasteiger partial charge on any atom is 0.255 e. The molecular weight excluding hydrogens is 412 g/mol. The molecule has 162 valence electrons. The van der Waals surface area contributed by atoms with Crippen molar-refractivity contribution in [2.45, 2.75) is 33.6 Å². The van der Waals surface area contributed by atoms with E-state index in [1.807, 2.05) is 32.9 Å². The Hall–Kier alpha value is -3.26. The molecule has 31 heavy (non-hydrogen) atoms. The smallest absolute Gasteiger partial charge is 0.255 e. The van der Waals surface area contributed by atoms with Crippen LogP contribution in [-0.2, 0) is 9.59 Å². The highest BCUT2D eigenvalue weighted by atomic mass is 32.1. The van der Waals surface area contributed by atoms with E-state index in [0.29, 0.717) is 16.2 Å². The standard InChI is InChI=1S/C23H26N4O3S/c1-13-10-14(2)21(15(3)11-13)26-22(30)16-6-7-17-18(12-16)31-23(24-17)25-19(28)8-9-20(29)27(4)5/h6-7,10-12H,8-9H2,1-5H3,(H,26,30)(H,24,25,28). The number of anilines is 2. The fraction of sp³-hybridized carbons (Fsp3) is 0.304. The largest absolute Gasteiger partial charge is 0.349 e. The summed E-state index contributed by atoms with van der Waals surface area (Å²) in [6.45, 7) is 5.98. The first-order valence-corrected chi connectivity index (χ1v) is 10.8. The van der Waals surface area contributed by atoms with Crippen molar-refractivity contribution in [3.8, 4) is 0 Å². The number of fused-ring (bicyclic) bond motifs is 1. The monoisotopic (exact) mass is 438 g/mol. The summed E-state index contributed by atoms with van der Waals surface area (Å²) in [5.74, 6) is -0.565. The minimum atomic E-state index is -0.266. The molecule has 3 amide bonds. The van der Waals surface area contributed by atoms with Crippen LogP contribution < -0.4 is 10.6 Å². The molecule has 0 atom stereocenters. The molecule has 1 heterocycles. The Morgan fingerprint density at radius 3 is 2.29 bits per heavy atom. The number of aromatic nitrogens is 1. The molecule has 3 rings (SSSR count). The van der Waals surface area contributed by atoms with Gasteiger partial charge in [-0.2, -0.15) is 0 Å². The van der Waals surface area contributed by atoms with E-state index in [4.69, 9.17) is 0 Å². The molecule has 0 aliphatic rings. The van der Waals surface area contributed by atoms with Crippen LogP contribution in [0.25, 0.3) is 10.2 Å². The number of carbonyl (C=O) groups is 3. The second-order valence-electron chi connectivity index (χ2n) is 7.77. The van der Waals surface area contributed by atoms with Gasteiger partial charge in [0.15, 0.2) is 5.13 Å². The van der Waals surface area contributed by atoms with Gasteiger partial charge in [0.1, 0.15) is 0 Å². The number of hydrogen-bond donors (Lipinski definition) is 2. The van der Waals surface area contributed by atoms with Crippen LogP contribution in [0, 0.1) is 20.8 Å². The van der Waals surface area contributed by atoms with Crippen molar-refractivity contribution in [3.63, 3.8) is 0 Å². The van der Waals surface area contributed by atoms with Crippen LogP contribution in [0.3, 0.4) is 0 Å². The van der Waals surface area contributed by atoms with E-state index in [-0.39, 0.29) is 30.6 Å². The summed E-state index contributed by atoms with van der Waals surface area (Å²) in [5, 5.41) is 6.18. The van der Waals surface area contributed by atoms with Crippen molar-refractivity contribution in [1.29, 1.82) is 0 Å². The van der Waals surface area contributed by atoms with Crippen LogP contribution in [0.1, 0.15) is 39.9 Å². The lowest BCUT2D eigenvalue weighted by Crippen LogP contribution is -2.23. The summed E-state index contributed by atoms with van der Waals surface area (Å²) in [6.07, 6.45) is 0.238. The van der Waals surface area contributed by atoms with Crippen molar-refractivity contribution in [1.82, 2.24) is 9.88 Å². The Morgan fingerprint density at radius 1 is 0.968 bits per heavy atom. The van der Waals surface area contributed by atoms with Gasteiger partial charge >= 0.3 is 0 Å². The van der Waals surface area contributed by atoms with Gasteiger partial charge in [0.05, 0.1) is 10.2 Å². The summed E-state index contributed by atoms with van der Waals surface area (Å²) in [4.78, 5) is 42.4. The predicted octanol–water partition coefficient (Wildman–Crippen LogP) is 4.28. The van der Waals surface area contributed by atoms with Gasteiger partial charge in [0.25, 0.3) is 5.91 Å². The van der Waals surface area contributed by atoms with Gasteiger partial charge in [0, 0.05) is 38.2 Å².